The third kappa shape index (κ3) is 2.38. The molecule has 0 spiro atoms. The molecule has 0 atom stereocenters. The Bertz CT molecular complexity index is 947. The van der Waals surface area contributed by atoms with Crippen molar-refractivity contribution in [3.05, 3.63) is 51.9 Å². The van der Waals surface area contributed by atoms with Gasteiger partial charge in [0.05, 0.1) is 21.1 Å². The Hall–Kier alpha value is -1.61. The van der Waals surface area contributed by atoms with Crippen molar-refractivity contribution in [2.75, 3.05) is 7.11 Å². The highest BCUT2D eigenvalue weighted by Crippen LogP contribution is 2.30. The summed E-state index contributed by atoms with van der Waals surface area (Å²) >= 11 is 1.99. The molecule has 0 saturated heterocycles. The number of methoxy groups -OCH3 is 1. The van der Waals surface area contributed by atoms with Crippen LogP contribution in [0.1, 0.15) is 5.56 Å². The van der Waals surface area contributed by atoms with Crippen LogP contribution in [-0.4, -0.2) is 24.5 Å². The summed E-state index contributed by atoms with van der Waals surface area (Å²) in [5.41, 5.74) is 1.37. The Balaban J connectivity index is 2.30. The summed E-state index contributed by atoms with van der Waals surface area (Å²) in [5.74, 6) is 0.598. The topological polar surface area (TPSA) is 61.2 Å². The van der Waals surface area contributed by atoms with Crippen molar-refractivity contribution < 1.29 is 13.2 Å². The molecule has 7 heteroatoms. The normalized spacial score (nSPS) is 11.8. The Kier molecular flexibility index (Phi) is 3.85. The standard InChI is InChI=1S/C15H13IN2O3S/c1-10-3-5-11(6-4-10)22(19,20)18-14(16)9-12-13(21-2)7-8-17-15(12)18/h3-9H,1-2H3. The van der Waals surface area contributed by atoms with Crippen molar-refractivity contribution in [3.63, 3.8) is 0 Å². The lowest BCUT2D eigenvalue weighted by Gasteiger charge is -2.09. The first-order valence-corrected chi connectivity index (χ1v) is 8.99. The SMILES string of the molecule is COc1ccnc2c1cc(I)n2S(=O)(=O)c1ccc(C)cc1. The molecule has 0 aliphatic carbocycles. The molecule has 0 radical (unpaired) electrons. The highest BCUT2D eigenvalue weighted by atomic mass is 127. The summed E-state index contributed by atoms with van der Waals surface area (Å²) < 4.78 is 32.9. The van der Waals surface area contributed by atoms with E-state index in [2.05, 4.69) is 4.98 Å². The van der Waals surface area contributed by atoms with E-state index in [1.54, 1.807) is 49.7 Å². The maximum Gasteiger partial charge on any atom is 0.270 e. The van der Waals surface area contributed by atoms with Crippen LogP contribution in [0.5, 0.6) is 5.75 Å². The Morgan fingerprint density at radius 3 is 2.50 bits per heavy atom. The predicted molar refractivity (Wildman–Crippen MR) is 92.8 cm³/mol. The second-order valence-electron chi connectivity index (χ2n) is 4.80. The molecule has 0 fully saturated rings. The fraction of sp³-hybridized carbons (Fsp3) is 0.133. The number of hydrogen-bond acceptors (Lipinski definition) is 4. The average Bonchev–Trinajstić information content (AvgIpc) is 2.84. The molecule has 0 saturated carbocycles. The molecule has 2 aromatic heterocycles. The zero-order valence-electron chi connectivity index (χ0n) is 11.9. The molecule has 0 aliphatic rings. The average molecular weight is 428 g/mol. The van der Waals surface area contributed by atoms with Crippen LogP contribution >= 0.6 is 22.6 Å². The summed E-state index contributed by atoms with van der Waals surface area (Å²) in [6.07, 6.45) is 1.54. The van der Waals surface area contributed by atoms with E-state index in [1.807, 2.05) is 29.5 Å². The van der Waals surface area contributed by atoms with Gasteiger partial charge in [-0.15, -0.1) is 0 Å². The third-order valence-corrected chi connectivity index (χ3v) is 6.20. The quantitative estimate of drug-likeness (QED) is 0.602. The monoisotopic (exact) mass is 428 g/mol. The second kappa shape index (κ2) is 5.54. The fourth-order valence-electron chi connectivity index (χ4n) is 2.24. The van der Waals surface area contributed by atoms with Crippen LogP contribution in [0.3, 0.4) is 0 Å². The summed E-state index contributed by atoms with van der Waals surface area (Å²) in [7, 11) is -2.15. The molecule has 3 aromatic rings. The minimum absolute atomic E-state index is 0.234. The van der Waals surface area contributed by atoms with Gasteiger partial charge >= 0.3 is 0 Å². The number of aromatic nitrogens is 2. The van der Waals surface area contributed by atoms with Crippen molar-refractivity contribution >= 4 is 43.6 Å². The van der Waals surface area contributed by atoms with Crippen LogP contribution in [0.25, 0.3) is 11.0 Å². The van der Waals surface area contributed by atoms with Crippen LogP contribution in [0, 0.1) is 10.6 Å². The maximum atomic E-state index is 12.9. The van der Waals surface area contributed by atoms with E-state index in [4.69, 9.17) is 4.74 Å². The zero-order valence-corrected chi connectivity index (χ0v) is 14.9. The minimum Gasteiger partial charge on any atom is -0.496 e. The van der Waals surface area contributed by atoms with Gasteiger partial charge < -0.3 is 4.74 Å². The number of fused-ring (bicyclic) bond motifs is 1. The highest BCUT2D eigenvalue weighted by Gasteiger charge is 2.24. The van der Waals surface area contributed by atoms with Crippen LogP contribution in [-0.2, 0) is 10.0 Å². The van der Waals surface area contributed by atoms with E-state index in [0.29, 0.717) is 20.5 Å². The lowest BCUT2D eigenvalue weighted by atomic mass is 10.2. The van der Waals surface area contributed by atoms with Gasteiger partial charge in [-0.3, -0.25) is 0 Å². The largest absolute Gasteiger partial charge is 0.496 e. The first-order chi connectivity index (χ1) is 10.4. The predicted octanol–water partition coefficient (Wildman–Crippen LogP) is 3.19. The van der Waals surface area contributed by atoms with Crippen LogP contribution < -0.4 is 4.74 Å². The van der Waals surface area contributed by atoms with Gasteiger partial charge in [0.2, 0.25) is 0 Å². The van der Waals surface area contributed by atoms with E-state index >= 15 is 0 Å². The lowest BCUT2D eigenvalue weighted by Crippen LogP contribution is -2.14. The van der Waals surface area contributed by atoms with E-state index in [-0.39, 0.29) is 4.90 Å². The first kappa shape index (κ1) is 15.3. The first-order valence-electron chi connectivity index (χ1n) is 6.47. The molecule has 114 valence electrons. The van der Waals surface area contributed by atoms with E-state index in [9.17, 15) is 8.42 Å². The fourth-order valence-corrected chi connectivity index (χ4v) is 4.91. The highest BCUT2D eigenvalue weighted by molar-refractivity contribution is 14.1. The number of benzene rings is 1. The third-order valence-electron chi connectivity index (χ3n) is 3.36. The molecule has 5 nitrogen and oxygen atoms in total. The summed E-state index contributed by atoms with van der Waals surface area (Å²) in [6.45, 7) is 1.91. The zero-order chi connectivity index (χ0) is 15.9. The molecule has 0 amide bonds. The van der Waals surface area contributed by atoms with Gasteiger partial charge in [-0.25, -0.2) is 17.4 Å². The number of pyridine rings is 1. The number of aryl methyl sites for hydroxylation is 1. The molecular weight excluding hydrogens is 415 g/mol. The smallest absolute Gasteiger partial charge is 0.270 e. The Morgan fingerprint density at radius 2 is 1.86 bits per heavy atom. The number of nitrogens with zero attached hydrogens (tertiary/aromatic N) is 2. The van der Waals surface area contributed by atoms with Gasteiger partial charge in [0.15, 0.2) is 5.65 Å². The Labute approximate surface area is 142 Å². The minimum atomic E-state index is -3.70. The van der Waals surface area contributed by atoms with Gasteiger partial charge in [0.25, 0.3) is 10.0 Å². The van der Waals surface area contributed by atoms with Crippen LogP contribution in [0.15, 0.2) is 47.5 Å². The van der Waals surface area contributed by atoms with Crippen molar-refractivity contribution in [2.45, 2.75) is 11.8 Å². The summed E-state index contributed by atoms with van der Waals surface area (Å²) in [4.78, 5) is 4.45. The number of rotatable bonds is 3. The molecule has 2 heterocycles. The second-order valence-corrected chi connectivity index (χ2v) is 7.69. The number of hydrogen-bond donors (Lipinski definition) is 0. The van der Waals surface area contributed by atoms with Crippen molar-refractivity contribution in [3.8, 4) is 5.75 Å². The van der Waals surface area contributed by atoms with Gasteiger partial charge in [-0.1, -0.05) is 17.7 Å². The molecule has 3 rings (SSSR count). The van der Waals surface area contributed by atoms with Gasteiger partial charge in [-0.2, -0.15) is 0 Å². The van der Waals surface area contributed by atoms with Gasteiger partial charge in [-0.05, 0) is 53.8 Å². The number of halogens is 1. The van der Waals surface area contributed by atoms with Crippen molar-refractivity contribution in [1.29, 1.82) is 0 Å². The van der Waals surface area contributed by atoms with E-state index < -0.39 is 10.0 Å². The van der Waals surface area contributed by atoms with Crippen molar-refractivity contribution in [1.82, 2.24) is 8.96 Å². The van der Waals surface area contributed by atoms with Crippen LogP contribution in [0.2, 0.25) is 0 Å². The number of ether oxygens (including phenoxy) is 1. The molecule has 1 aromatic carbocycles. The summed E-state index contributed by atoms with van der Waals surface area (Å²) in [6, 6.07) is 10.2. The Morgan fingerprint density at radius 1 is 1.18 bits per heavy atom. The summed E-state index contributed by atoms with van der Waals surface area (Å²) in [5, 5.41) is 0.671. The molecule has 0 N–H and O–H groups in total. The molecule has 22 heavy (non-hydrogen) atoms. The molecule has 0 aliphatic heterocycles. The van der Waals surface area contributed by atoms with Crippen molar-refractivity contribution in [2.24, 2.45) is 0 Å². The van der Waals surface area contributed by atoms with E-state index in [1.165, 1.54) is 3.97 Å². The van der Waals surface area contributed by atoms with Crippen LogP contribution in [0.4, 0.5) is 0 Å². The molecular formula is C15H13IN2O3S. The van der Waals surface area contributed by atoms with Gasteiger partial charge in [0.1, 0.15) is 5.75 Å². The molecule has 0 bridgehead atoms. The lowest BCUT2D eigenvalue weighted by molar-refractivity contribution is 0.419. The van der Waals surface area contributed by atoms with E-state index in [0.717, 1.165) is 5.56 Å². The maximum absolute atomic E-state index is 12.9. The van der Waals surface area contributed by atoms with Gasteiger partial charge in [0, 0.05) is 6.20 Å². The molecule has 0 unspecified atom stereocenters.